The Balaban J connectivity index is 2.42. The second-order valence-electron chi connectivity index (χ2n) is 4.81. The number of hydrogen-bond acceptors (Lipinski definition) is 1. The van der Waals surface area contributed by atoms with Crippen LogP contribution in [0.4, 0.5) is 0 Å². The first-order valence-corrected chi connectivity index (χ1v) is 6.58. The number of rotatable bonds is 4. The molecule has 1 heteroatoms. The number of benzene rings is 2. The van der Waals surface area contributed by atoms with Gasteiger partial charge in [-0.2, -0.15) is 0 Å². The monoisotopic (exact) mass is 239 g/mol. The van der Waals surface area contributed by atoms with Crippen molar-refractivity contribution in [3.63, 3.8) is 0 Å². The zero-order valence-electron chi connectivity index (χ0n) is 11.5. The highest BCUT2D eigenvalue weighted by atomic mass is 14.8. The van der Waals surface area contributed by atoms with Crippen molar-refractivity contribution in [1.29, 1.82) is 0 Å². The molecule has 18 heavy (non-hydrogen) atoms. The van der Waals surface area contributed by atoms with Gasteiger partial charge in [0.15, 0.2) is 0 Å². The molecule has 0 fully saturated rings. The molecule has 0 heterocycles. The molecule has 0 aliphatic rings. The van der Waals surface area contributed by atoms with Crippen molar-refractivity contribution < 1.29 is 0 Å². The highest BCUT2D eigenvalue weighted by molar-refractivity contribution is 5.68. The fourth-order valence-corrected chi connectivity index (χ4v) is 2.35. The molecule has 1 nitrogen and oxygen atoms in total. The first-order valence-electron chi connectivity index (χ1n) is 6.58. The molecule has 0 bridgehead atoms. The van der Waals surface area contributed by atoms with Crippen molar-refractivity contribution >= 4 is 0 Å². The molecule has 0 aliphatic heterocycles. The Morgan fingerprint density at radius 2 is 1.61 bits per heavy atom. The van der Waals surface area contributed by atoms with Crippen LogP contribution in [-0.4, -0.2) is 6.54 Å². The Bertz CT molecular complexity index is 509. The van der Waals surface area contributed by atoms with Crippen molar-refractivity contribution in [2.45, 2.75) is 27.3 Å². The Kier molecular flexibility index (Phi) is 4.16. The zero-order valence-corrected chi connectivity index (χ0v) is 11.5. The van der Waals surface area contributed by atoms with Gasteiger partial charge in [-0.25, -0.2) is 0 Å². The standard InChI is InChI=1S/C17H21N/c1-4-18-12-15-7-5-6-8-17(15)16-10-13(2)9-14(3)11-16/h5-11,18H,4,12H2,1-3H3. The molecule has 2 aromatic rings. The molecule has 0 aromatic heterocycles. The molecule has 0 amide bonds. The topological polar surface area (TPSA) is 12.0 Å². The van der Waals surface area contributed by atoms with Gasteiger partial charge < -0.3 is 5.32 Å². The summed E-state index contributed by atoms with van der Waals surface area (Å²) in [6, 6.07) is 15.4. The van der Waals surface area contributed by atoms with Crippen molar-refractivity contribution in [3.8, 4) is 11.1 Å². The third-order valence-corrected chi connectivity index (χ3v) is 3.12. The molecule has 0 saturated heterocycles. The molecule has 1 N–H and O–H groups in total. The molecular formula is C17H21N. The van der Waals surface area contributed by atoms with Gasteiger partial charge in [0.1, 0.15) is 0 Å². The van der Waals surface area contributed by atoms with E-state index in [4.69, 9.17) is 0 Å². The summed E-state index contributed by atoms with van der Waals surface area (Å²) >= 11 is 0. The van der Waals surface area contributed by atoms with Crippen LogP contribution < -0.4 is 5.32 Å². The molecule has 0 spiro atoms. The van der Waals surface area contributed by atoms with Crippen molar-refractivity contribution in [1.82, 2.24) is 5.32 Å². The summed E-state index contributed by atoms with van der Waals surface area (Å²) in [5.41, 5.74) is 6.67. The Morgan fingerprint density at radius 3 is 2.28 bits per heavy atom. The first kappa shape index (κ1) is 12.8. The zero-order chi connectivity index (χ0) is 13.0. The van der Waals surface area contributed by atoms with Crippen LogP contribution in [0.2, 0.25) is 0 Å². The van der Waals surface area contributed by atoms with E-state index in [0.717, 1.165) is 13.1 Å². The molecule has 0 unspecified atom stereocenters. The van der Waals surface area contributed by atoms with Gasteiger partial charge in [0.05, 0.1) is 0 Å². The van der Waals surface area contributed by atoms with E-state index in [1.165, 1.54) is 27.8 Å². The van der Waals surface area contributed by atoms with Crippen molar-refractivity contribution in [2.75, 3.05) is 6.54 Å². The Labute approximate surface area is 110 Å². The van der Waals surface area contributed by atoms with E-state index < -0.39 is 0 Å². The van der Waals surface area contributed by atoms with E-state index in [9.17, 15) is 0 Å². The summed E-state index contributed by atoms with van der Waals surface area (Å²) < 4.78 is 0. The lowest BCUT2D eigenvalue weighted by atomic mass is 9.96. The minimum atomic E-state index is 0.930. The van der Waals surface area contributed by atoms with E-state index in [2.05, 4.69) is 68.6 Å². The smallest absolute Gasteiger partial charge is 0.0211 e. The molecule has 0 aliphatic carbocycles. The minimum absolute atomic E-state index is 0.930. The van der Waals surface area contributed by atoms with Gasteiger partial charge >= 0.3 is 0 Å². The third-order valence-electron chi connectivity index (χ3n) is 3.12. The second kappa shape index (κ2) is 5.83. The third kappa shape index (κ3) is 2.99. The van der Waals surface area contributed by atoms with Gasteiger partial charge in [-0.05, 0) is 37.1 Å². The second-order valence-corrected chi connectivity index (χ2v) is 4.81. The summed E-state index contributed by atoms with van der Waals surface area (Å²) in [6.07, 6.45) is 0. The first-order chi connectivity index (χ1) is 8.70. The maximum absolute atomic E-state index is 3.40. The lowest BCUT2D eigenvalue weighted by Gasteiger charge is -2.11. The average Bonchev–Trinajstić information content (AvgIpc) is 2.35. The predicted molar refractivity (Wildman–Crippen MR) is 78.7 cm³/mol. The molecule has 0 atom stereocenters. The maximum atomic E-state index is 3.40. The lowest BCUT2D eigenvalue weighted by Crippen LogP contribution is -2.12. The van der Waals surface area contributed by atoms with E-state index in [-0.39, 0.29) is 0 Å². The fourth-order valence-electron chi connectivity index (χ4n) is 2.35. The highest BCUT2D eigenvalue weighted by Gasteiger charge is 2.05. The van der Waals surface area contributed by atoms with Gasteiger partial charge in [-0.3, -0.25) is 0 Å². The summed E-state index contributed by atoms with van der Waals surface area (Å²) in [4.78, 5) is 0. The molecule has 2 aromatic carbocycles. The summed E-state index contributed by atoms with van der Waals surface area (Å²) in [5, 5.41) is 3.40. The van der Waals surface area contributed by atoms with Gasteiger partial charge in [0.25, 0.3) is 0 Å². The van der Waals surface area contributed by atoms with Crippen LogP contribution in [0, 0.1) is 13.8 Å². The minimum Gasteiger partial charge on any atom is -0.313 e. The predicted octanol–water partition coefficient (Wildman–Crippen LogP) is 4.08. The summed E-state index contributed by atoms with van der Waals surface area (Å²) in [5.74, 6) is 0. The van der Waals surface area contributed by atoms with E-state index in [1.54, 1.807) is 0 Å². The van der Waals surface area contributed by atoms with Crippen LogP contribution >= 0.6 is 0 Å². The van der Waals surface area contributed by atoms with Crippen molar-refractivity contribution in [2.24, 2.45) is 0 Å². The molecule has 94 valence electrons. The fraction of sp³-hybridized carbons (Fsp3) is 0.294. The Morgan fingerprint density at radius 1 is 0.944 bits per heavy atom. The molecule has 2 rings (SSSR count). The maximum Gasteiger partial charge on any atom is 0.0211 e. The normalized spacial score (nSPS) is 10.6. The summed E-state index contributed by atoms with van der Waals surface area (Å²) in [7, 11) is 0. The van der Waals surface area contributed by atoms with Crippen LogP contribution in [-0.2, 0) is 6.54 Å². The molecule has 0 radical (unpaired) electrons. The quantitative estimate of drug-likeness (QED) is 0.847. The van der Waals surface area contributed by atoms with Crippen LogP contribution in [0.1, 0.15) is 23.6 Å². The number of hydrogen-bond donors (Lipinski definition) is 1. The van der Waals surface area contributed by atoms with Crippen LogP contribution in [0.15, 0.2) is 42.5 Å². The highest BCUT2D eigenvalue weighted by Crippen LogP contribution is 2.25. The molecular weight excluding hydrogens is 218 g/mol. The molecule has 0 saturated carbocycles. The van der Waals surface area contributed by atoms with E-state index >= 15 is 0 Å². The Hall–Kier alpha value is -1.60. The van der Waals surface area contributed by atoms with E-state index in [1.807, 2.05) is 0 Å². The van der Waals surface area contributed by atoms with Crippen molar-refractivity contribution in [3.05, 3.63) is 59.2 Å². The van der Waals surface area contributed by atoms with Crippen LogP contribution in [0.25, 0.3) is 11.1 Å². The van der Waals surface area contributed by atoms with Gasteiger partial charge in [0, 0.05) is 6.54 Å². The lowest BCUT2D eigenvalue weighted by molar-refractivity contribution is 0.728. The van der Waals surface area contributed by atoms with Gasteiger partial charge in [-0.1, -0.05) is 60.5 Å². The van der Waals surface area contributed by atoms with Crippen LogP contribution in [0.3, 0.4) is 0 Å². The van der Waals surface area contributed by atoms with Gasteiger partial charge in [-0.15, -0.1) is 0 Å². The van der Waals surface area contributed by atoms with Gasteiger partial charge in [0.2, 0.25) is 0 Å². The largest absolute Gasteiger partial charge is 0.313 e. The average molecular weight is 239 g/mol. The van der Waals surface area contributed by atoms with Crippen LogP contribution in [0.5, 0.6) is 0 Å². The summed E-state index contributed by atoms with van der Waals surface area (Å²) in [6.45, 7) is 8.38. The SMILES string of the molecule is CCNCc1ccccc1-c1cc(C)cc(C)c1. The van der Waals surface area contributed by atoms with E-state index in [0.29, 0.717) is 0 Å². The number of nitrogens with one attached hydrogen (secondary N) is 1. The number of aryl methyl sites for hydroxylation is 2.